The third-order valence-electron chi connectivity index (χ3n) is 5.27. The lowest BCUT2D eigenvalue weighted by atomic mass is 10.0. The fraction of sp³-hybridized carbons (Fsp3) is 0.400. The average Bonchev–Trinajstić information content (AvgIpc) is 2.63. The zero-order valence-corrected chi connectivity index (χ0v) is 18.2. The van der Waals surface area contributed by atoms with Gasteiger partial charge in [-0.15, -0.1) is 0 Å². The highest BCUT2D eigenvalue weighted by Gasteiger charge is 2.26. The van der Waals surface area contributed by atoms with E-state index < -0.39 is 20.0 Å². The standard InChI is InChI=1S/C20H26N2O4S2/c1-5-27(23,24)22-9-8-17-6-7-19(12-18(17)13-22)21-28(25,26)20-11-15(3)14(2)10-16(20)4/h6-7,10-12,21H,5,8-9,13H2,1-4H3. The Balaban J connectivity index is 1.90. The quantitative estimate of drug-likeness (QED) is 0.802. The summed E-state index contributed by atoms with van der Waals surface area (Å²) in [6, 6.07) is 8.89. The summed E-state index contributed by atoms with van der Waals surface area (Å²) < 4.78 is 54.3. The number of sulfonamides is 2. The molecule has 0 unspecified atom stereocenters. The highest BCUT2D eigenvalue weighted by Crippen LogP contribution is 2.27. The summed E-state index contributed by atoms with van der Waals surface area (Å²) in [7, 11) is -7.01. The van der Waals surface area contributed by atoms with Crippen LogP contribution < -0.4 is 4.72 Å². The molecule has 2 aromatic carbocycles. The van der Waals surface area contributed by atoms with Crippen LogP contribution in [-0.2, 0) is 33.0 Å². The zero-order valence-electron chi connectivity index (χ0n) is 16.6. The molecule has 3 rings (SSSR count). The van der Waals surface area contributed by atoms with E-state index in [-0.39, 0.29) is 17.2 Å². The molecule has 152 valence electrons. The van der Waals surface area contributed by atoms with E-state index >= 15 is 0 Å². The second-order valence-electron chi connectivity index (χ2n) is 7.28. The molecule has 0 spiro atoms. The molecule has 0 fully saturated rings. The Bertz CT molecular complexity index is 1120. The van der Waals surface area contributed by atoms with Crippen molar-refractivity contribution in [1.29, 1.82) is 0 Å². The van der Waals surface area contributed by atoms with E-state index in [0.717, 1.165) is 22.3 Å². The highest BCUT2D eigenvalue weighted by molar-refractivity contribution is 7.92. The summed E-state index contributed by atoms with van der Waals surface area (Å²) in [4.78, 5) is 0.253. The molecule has 0 aliphatic carbocycles. The molecule has 1 heterocycles. The van der Waals surface area contributed by atoms with Gasteiger partial charge in [0.1, 0.15) is 0 Å². The molecule has 0 saturated carbocycles. The third kappa shape index (κ3) is 4.09. The van der Waals surface area contributed by atoms with Crippen molar-refractivity contribution in [3.8, 4) is 0 Å². The summed E-state index contributed by atoms with van der Waals surface area (Å²) in [6.07, 6.45) is 0.623. The molecule has 0 atom stereocenters. The number of fused-ring (bicyclic) bond motifs is 1. The lowest BCUT2D eigenvalue weighted by molar-refractivity contribution is 0.392. The number of nitrogens with zero attached hydrogens (tertiary/aromatic N) is 1. The van der Waals surface area contributed by atoms with Crippen molar-refractivity contribution in [3.63, 3.8) is 0 Å². The lowest BCUT2D eigenvalue weighted by Crippen LogP contribution is -2.36. The number of anilines is 1. The first kappa shape index (κ1) is 20.8. The van der Waals surface area contributed by atoms with E-state index in [1.165, 1.54) is 4.31 Å². The third-order valence-corrected chi connectivity index (χ3v) is 8.63. The maximum atomic E-state index is 12.9. The zero-order chi connectivity index (χ0) is 20.7. The van der Waals surface area contributed by atoms with Crippen molar-refractivity contribution in [1.82, 2.24) is 4.31 Å². The van der Waals surface area contributed by atoms with Gasteiger partial charge in [0.25, 0.3) is 10.0 Å². The minimum Gasteiger partial charge on any atom is -0.280 e. The van der Waals surface area contributed by atoms with Crippen LogP contribution in [0, 0.1) is 20.8 Å². The Morgan fingerprint density at radius 3 is 2.29 bits per heavy atom. The van der Waals surface area contributed by atoms with E-state index in [0.29, 0.717) is 24.2 Å². The SMILES string of the molecule is CCS(=O)(=O)N1CCc2ccc(NS(=O)(=O)c3cc(C)c(C)cc3C)cc2C1. The Kier molecular flexibility index (Phi) is 5.58. The summed E-state index contributed by atoms with van der Waals surface area (Å²) in [5.74, 6) is 0.0563. The van der Waals surface area contributed by atoms with E-state index in [4.69, 9.17) is 0 Å². The normalized spacial score (nSPS) is 15.3. The van der Waals surface area contributed by atoms with Gasteiger partial charge >= 0.3 is 0 Å². The monoisotopic (exact) mass is 422 g/mol. The van der Waals surface area contributed by atoms with Gasteiger partial charge in [0.2, 0.25) is 10.0 Å². The number of aryl methyl sites for hydroxylation is 3. The van der Waals surface area contributed by atoms with Gasteiger partial charge in [0.15, 0.2) is 0 Å². The topological polar surface area (TPSA) is 83.6 Å². The Morgan fingerprint density at radius 1 is 0.929 bits per heavy atom. The van der Waals surface area contributed by atoms with Gasteiger partial charge in [0, 0.05) is 18.8 Å². The summed E-state index contributed by atoms with van der Waals surface area (Å²) in [6.45, 7) is 7.96. The fourth-order valence-corrected chi connectivity index (χ4v) is 5.88. The first-order valence-corrected chi connectivity index (χ1v) is 12.3. The molecule has 0 radical (unpaired) electrons. The molecule has 0 saturated heterocycles. The molecule has 28 heavy (non-hydrogen) atoms. The van der Waals surface area contributed by atoms with Crippen LogP contribution in [0.1, 0.15) is 34.7 Å². The van der Waals surface area contributed by atoms with Crippen molar-refractivity contribution in [2.45, 2.75) is 45.6 Å². The molecule has 1 aliphatic heterocycles. The van der Waals surface area contributed by atoms with Crippen LogP contribution in [0.25, 0.3) is 0 Å². The van der Waals surface area contributed by atoms with Crippen molar-refractivity contribution in [2.24, 2.45) is 0 Å². The second kappa shape index (κ2) is 7.50. The van der Waals surface area contributed by atoms with Gasteiger partial charge in [-0.1, -0.05) is 12.1 Å². The fourth-order valence-electron chi connectivity index (χ4n) is 3.45. The molecular formula is C20H26N2O4S2. The van der Waals surface area contributed by atoms with Crippen LogP contribution >= 0.6 is 0 Å². The van der Waals surface area contributed by atoms with Crippen molar-refractivity contribution < 1.29 is 16.8 Å². The van der Waals surface area contributed by atoms with Gasteiger partial charge in [0.05, 0.1) is 10.6 Å². The van der Waals surface area contributed by atoms with Crippen molar-refractivity contribution in [3.05, 3.63) is 58.1 Å². The summed E-state index contributed by atoms with van der Waals surface area (Å²) in [5, 5.41) is 0. The van der Waals surface area contributed by atoms with Crippen LogP contribution in [0.3, 0.4) is 0 Å². The van der Waals surface area contributed by atoms with E-state index in [2.05, 4.69) is 4.72 Å². The molecule has 6 nitrogen and oxygen atoms in total. The second-order valence-corrected chi connectivity index (χ2v) is 11.2. The van der Waals surface area contributed by atoms with E-state index in [1.54, 1.807) is 32.0 Å². The predicted octanol–water partition coefficient (Wildman–Crippen LogP) is 3.12. The van der Waals surface area contributed by atoms with Crippen molar-refractivity contribution in [2.75, 3.05) is 17.0 Å². The largest absolute Gasteiger partial charge is 0.280 e. The van der Waals surface area contributed by atoms with Gasteiger partial charge in [-0.3, -0.25) is 4.72 Å². The maximum Gasteiger partial charge on any atom is 0.262 e. The minimum absolute atomic E-state index is 0.0563. The number of benzene rings is 2. The van der Waals surface area contributed by atoms with E-state index in [9.17, 15) is 16.8 Å². The Hall–Kier alpha value is -1.90. The predicted molar refractivity (Wildman–Crippen MR) is 111 cm³/mol. The molecule has 0 amide bonds. The van der Waals surface area contributed by atoms with Gasteiger partial charge < -0.3 is 0 Å². The molecule has 0 bridgehead atoms. The Morgan fingerprint density at radius 2 is 1.61 bits per heavy atom. The van der Waals surface area contributed by atoms with Crippen LogP contribution in [0.15, 0.2) is 35.2 Å². The summed E-state index contributed by atoms with van der Waals surface area (Å²) in [5.41, 5.74) is 4.97. The molecule has 2 aromatic rings. The van der Waals surface area contributed by atoms with Crippen LogP contribution in [0.2, 0.25) is 0 Å². The Labute approximate surface area is 167 Å². The number of hydrogen-bond acceptors (Lipinski definition) is 4. The van der Waals surface area contributed by atoms with Gasteiger partial charge in [-0.25, -0.2) is 16.8 Å². The smallest absolute Gasteiger partial charge is 0.262 e. The van der Waals surface area contributed by atoms with Crippen molar-refractivity contribution >= 4 is 25.7 Å². The molecule has 0 aromatic heterocycles. The summed E-state index contributed by atoms with van der Waals surface area (Å²) >= 11 is 0. The van der Waals surface area contributed by atoms with Gasteiger partial charge in [-0.2, -0.15) is 4.31 Å². The first-order chi connectivity index (χ1) is 13.0. The average molecular weight is 423 g/mol. The maximum absolute atomic E-state index is 12.9. The minimum atomic E-state index is -3.74. The number of rotatable bonds is 5. The van der Waals surface area contributed by atoms with Gasteiger partial charge in [-0.05, 0) is 80.1 Å². The highest BCUT2D eigenvalue weighted by atomic mass is 32.2. The van der Waals surface area contributed by atoms with Crippen LogP contribution in [-0.4, -0.2) is 33.4 Å². The molecular weight excluding hydrogens is 396 g/mol. The first-order valence-electron chi connectivity index (χ1n) is 9.24. The number of nitrogens with one attached hydrogen (secondary N) is 1. The van der Waals surface area contributed by atoms with E-state index in [1.807, 2.05) is 26.0 Å². The molecule has 8 heteroatoms. The molecule has 1 N–H and O–H groups in total. The number of hydrogen-bond donors (Lipinski definition) is 1. The van der Waals surface area contributed by atoms with Crippen LogP contribution in [0.4, 0.5) is 5.69 Å². The van der Waals surface area contributed by atoms with Crippen LogP contribution in [0.5, 0.6) is 0 Å². The molecule has 1 aliphatic rings. The lowest BCUT2D eigenvalue weighted by Gasteiger charge is -2.28.